The van der Waals surface area contributed by atoms with Crippen molar-refractivity contribution in [1.29, 1.82) is 0 Å². The van der Waals surface area contributed by atoms with Gasteiger partial charge in [-0.3, -0.25) is 4.79 Å². The topological polar surface area (TPSA) is 92.5 Å². The van der Waals surface area contributed by atoms with E-state index in [4.69, 9.17) is 4.52 Å². The number of sulfonamides is 1. The number of nitrogens with one attached hydrogen (secondary N) is 1. The smallest absolute Gasteiger partial charge is 0.261 e. The van der Waals surface area contributed by atoms with Gasteiger partial charge in [0, 0.05) is 24.3 Å². The number of amides is 1. The minimum Gasteiger partial charge on any atom is -0.360 e. The lowest BCUT2D eigenvalue weighted by atomic mass is 10.1. The van der Waals surface area contributed by atoms with Gasteiger partial charge in [-0.2, -0.15) is 4.31 Å². The lowest BCUT2D eigenvalue weighted by molar-refractivity contribution is 0.102. The molecular weight excluding hydrogens is 402 g/mol. The zero-order chi connectivity index (χ0) is 21.9. The molecule has 0 aliphatic heterocycles. The van der Waals surface area contributed by atoms with E-state index in [0.29, 0.717) is 41.4 Å². The zero-order valence-electron chi connectivity index (χ0n) is 17.5. The maximum absolute atomic E-state index is 13.0. The van der Waals surface area contributed by atoms with E-state index in [2.05, 4.69) is 10.5 Å². The van der Waals surface area contributed by atoms with Crippen molar-refractivity contribution < 1.29 is 17.7 Å². The highest BCUT2D eigenvalue weighted by atomic mass is 32.2. The molecule has 0 radical (unpaired) electrons. The molecule has 0 aliphatic carbocycles. The normalized spacial score (nSPS) is 11.6. The number of hydrogen-bond donors (Lipinski definition) is 1. The first-order valence-electron chi connectivity index (χ1n) is 9.73. The van der Waals surface area contributed by atoms with Gasteiger partial charge in [0.2, 0.25) is 10.0 Å². The van der Waals surface area contributed by atoms with E-state index in [-0.39, 0.29) is 4.90 Å². The van der Waals surface area contributed by atoms with Gasteiger partial charge in [0.25, 0.3) is 5.91 Å². The van der Waals surface area contributed by atoms with Crippen molar-refractivity contribution >= 4 is 21.6 Å². The van der Waals surface area contributed by atoms with Crippen molar-refractivity contribution in [3.63, 3.8) is 0 Å². The molecule has 3 aromatic rings. The predicted molar refractivity (Wildman–Crippen MR) is 116 cm³/mol. The minimum absolute atomic E-state index is 0.175. The lowest BCUT2D eigenvalue weighted by Gasteiger charge is -2.20. The second-order valence-electron chi connectivity index (χ2n) is 6.85. The Labute approximate surface area is 176 Å². The number of nitrogens with zero attached hydrogens (tertiary/aromatic N) is 2. The van der Waals surface area contributed by atoms with Gasteiger partial charge in [0.1, 0.15) is 17.0 Å². The Kier molecular flexibility index (Phi) is 6.38. The summed E-state index contributed by atoms with van der Waals surface area (Å²) in [6, 6.07) is 14.1. The highest BCUT2D eigenvalue weighted by molar-refractivity contribution is 7.89. The molecule has 0 fully saturated rings. The Morgan fingerprint density at radius 2 is 1.73 bits per heavy atom. The third-order valence-corrected chi connectivity index (χ3v) is 7.10. The van der Waals surface area contributed by atoms with Crippen LogP contribution < -0.4 is 5.32 Å². The molecule has 1 heterocycles. The Morgan fingerprint density at radius 1 is 1.07 bits per heavy atom. The fraction of sp³-hybridized carbons (Fsp3) is 0.273. The molecule has 0 saturated carbocycles. The number of carbonyl (C=O) groups is 1. The summed E-state index contributed by atoms with van der Waals surface area (Å²) in [6.45, 7) is 7.73. The molecule has 158 valence electrons. The first-order chi connectivity index (χ1) is 14.3. The van der Waals surface area contributed by atoms with Gasteiger partial charge in [-0.15, -0.1) is 0 Å². The van der Waals surface area contributed by atoms with Crippen LogP contribution in [0.4, 0.5) is 5.69 Å². The molecular formula is C22H25N3O4S. The van der Waals surface area contributed by atoms with Crippen LogP contribution in [-0.4, -0.2) is 36.9 Å². The SMILES string of the molecule is CCN(CC)S(=O)(=O)c1cc(NC(=O)c2c(-c3ccccc3)noc2C)ccc1C. The third kappa shape index (κ3) is 4.15. The molecule has 0 aliphatic rings. The van der Waals surface area contributed by atoms with Crippen LogP contribution in [0.15, 0.2) is 57.9 Å². The van der Waals surface area contributed by atoms with E-state index >= 15 is 0 Å². The van der Waals surface area contributed by atoms with E-state index in [1.807, 2.05) is 30.3 Å². The summed E-state index contributed by atoms with van der Waals surface area (Å²) >= 11 is 0. The van der Waals surface area contributed by atoms with Crippen LogP contribution in [0, 0.1) is 13.8 Å². The minimum atomic E-state index is -3.65. The van der Waals surface area contributed by atoms with Gasteiger partial charge < -0.3 is 9.84 Å². The third-order valence-electron chi connectivity index (χ3n) is 4.91. The average molecular weight is 428 g/mol. The second kappa shape index (κ2) is 8.81. The van der Waals surface area contributed by atoms with E-state index in [0.717, 1.165) is 5.56 Å². The molecule has 1 N–H and O–H groups in total. The van der Waals surface area contributed by atoms with Crippen LogP contribution in [0.2, 0.25) is 0 Å². The zero-order valence-corrected chi connectivity index (χ0v) is 18.3. The average Bonchev–Trinajstić information content (AvgIpc) is 3.12. The summed E-state index contributed by atoms with van der Waals surface area (Å²) in [5.41, 5.74) is 2.51. The van der Waals surface area contributed by atoms with Crippen LogP contribution >= 0.6 is 0 Å². The molecule has 0 saturated heterocycles. The van der Waals surface area contributed by atoms with Crippen molar-refractivity contribution in [2.45, 2.75) is 32.6 Å². The summed E-state index contributed by atoms with van der Waals surface area (Å²) in [7, 11) is -3.65. The standard InChI is InChI=1S/C22H25N3O4S/c1-5-25(6-2)30(27,28)19-14-18(13-12-15(19)3)23-22(26)20-16(4)29-24-21(20)17-10-8-7-9-11-17/h7-14H,5-6H2,1-4H3,(H,23,26). The maximum Gasteiger partial charge on any atom is 0.261 e. The molecule has 0 atom stereocenters. The van der Waals surface area contributed by atoms with Crippen LogP contribution in [0.3, 0.4) is 0 Å². The molecule has 8 heteroatoms. The van der Waals surface area contributed by atoms with Crippen LogP contribution in [0.1, 0.15) is 35.5 Å². The van der Waals surface area contributed by atoms with Crippen molar-refractivity contribution in [3.05, 3.63) is 65.4 Å². The molecule has 7 nitrogen and oxygen atoms in total. The largest absolute Gasteiger partial charge is 0.360 e. The van der Waals surface area contributed by atoms with Crippen molar-refractivity contribution in [2.24, 2.45) is 0 Å². The van der Waals surface area contributed by atoms with E-state index in [1.54, 1.807) is 39.8 Å². The summed E-state index contributed by atoms with van der Waals surface area (Å²) < 4.78 is 32.6. The molecule has 0 unspecified atom stereocenters. The van der Waals surface area contributed by atoms with Crippen molar-refractivity contribution in [3.8, 4) is 11.3 Å². The highest BCUT2D eigenvalue weighted by Crippen LogP contribution is 2.28. The Bertz CT molecular complexity index is 1150. The summed E-state index contributed by atoms with van der Waals surface area (Å²) in [5, 5.41) is 6.81. The number of rotatable bonds is 7. The van der Waals surface area contributed by atoms with E-state index in [9.17, 15) is 13.2 Å². The monoisotopic (exact) mass is 427 g/mol. The molecule has 0 spiro atoms. The van der Waals surface area contributed by atoms with Crippen molar-refractivity contribution in [1.82, 2.24) is 9.46 Å². The Balaban J connectivity index is 1.96. The van der Waals surface area contributed by atoms with Gasteiger partial charge in [0.05, 0.1) is 4.90 Å². The van der Waals surface area contributed by atoms with Gasteiger partial charge in [-0.25, -0.2) is 8.42 Å². The number of anilines is 1. The summed E-state index contributed by atoms with van der Waals surface area (Å²) in [5.74, 6) is -0.0305. The van der Waals surface area contributed by atoms with Crippen LogP contribution in [-0.2, 0) is 10.0 Å². The quantitative estimate of drug-likeness (QED) is 0.609. The van der Waals surface area contributed by atoms with Crippen molar-refractivity contribution in [2.75, 3.05) is 18.4 Å². The van der Waals surface area contributed by atoms with E-state index < -0.39 is 15.9 Å². The summed E-state index contributed by atoms with van der Waals surface area (Å²) in [6.07, 6.45) is 0. The number of carbonyl (C=O) groups excluding carboxylic acids is 1. The van der Waals surface area contributed by atoms with Gasteiger partial charge >= 0.3 is 0 Å². The predicted octanol–water partition coefficient (Wildman–Crippen LogP) is 4.24. The first-order valence-corrected chi connectivity index (χ1v) is 11.2. The number of aromatic nitrogens is 1. The van der Waals surface area contributed by atoms with Gasteiger partial charge in [-0.1, -0.05) is 55.4 Å². The second-order valence-corrected chi connectivity index (χ2v) is 8.76. The van der Waals surface area contributed by atoms with Gasteiger partial charge in [0.15, 0.2) is 0 Å². The summed E-state index contributed by atoms with van der Waals surface area (Å²) in [4.78, 5) is 13.2. The highest BCUT2D eigenvalue weighted by Gasteiger charge is 2.25. The Morgan fingerprint density at radius 3 is 2.37 bits per heavy atom. The number of aryl methyl sites for hydroxylation is 2. The van der Waals surface area contributed by atoms with Gasteiger partial charge in [-0.05, 0) is 31.5 Å². The molecule has 0 bridgehead atoms. The molecule has 3 rings (SSSR count). The molecule has 30 heavy (non-hydrogen) atoms. The number of benzene rings is 2. The fourth-order valence-corrected chi connectivity index (χ4v) is 4.99. The fourth-order valence-electron chi connectivity index (χ4n) is 3.28. The van der Waals surface area contributed by atoms with Crippen LogP contribution in [0.25, 0.3) is 11.3 Å². The number of hydrogen-bond acceptors (Lipinski definition) is 5. The van der Waals surface area contributed by atoms with E-state index in [1.165, 1.54) is 10.4 Å². The lowest BCUT2D eigenvalue weighted by Crippen LogP contribution is -2.31. The molecule has 1 amide bonds. The Hall–Kier alpha value is -2.97. The molecule has 1 aromatic heterocycles. The van der Waals surface area contributed by atoms with Crippen LogP contribution in [0.5, 0.6) is 0 Å². The maximum atomic E-state index is 13.0. The first kappa shape index (κ1) is 21.7. The molecule has 2 aromatic carbocycles.